The quantitative estimate of drug-likeness (QED) is 0.446. The van der Waals surface area contributed by atoms with Crippen molar-refractivity contribution < 1.29 is 28.0 Å². The van der Waals surface area contributed by atoms with Crippen LogP contribution >= 0.6 is 11.6 Å². The molecule has 1 fully saturated rings. The Bertz CT molecular complexity index is 1410. The van der Waals surface area contributed by atoms with Crippen molar-refractivity contribution in [3.8, 4) is 0 Å². The molecular weight excluding hydrogens is 508 g/mol. The van der Waals surface area contributed by atoms with E-state index in [-0.39, 0.29) is 47.6 Å². The molecule has 1 saturated heterocycles. The monoisotopic (exact) mass is 531 g/mol. The highest BCUT2D eigenvalue weighted by molar-refractivity contribution is 6.31. The number of ketones is 1. The number of halogens is 3. The Kier molecular flexibility index (Phi) is 7.44. The van der Waals surface area contributed by atoms with Crippen LogP contribution in [-0.2, 0) is 11.2 Å². The minimum absolute atomic E-state index is 0.0597. The molecule has 4 N–H and O–H groups in total. The van der Waals surface area contributed by atoms with Crippen LogP contribution in [0.4, 0.5) is 24.1 Å². The number of benzene rings is 2. The van der Waals surface area contributed by atoms with Gasteiger partial charge in [-0.3, -0.25) is 14.2 Å². The second-order valence-corrected chi connectivity index (χ2v) is 9.08. The predicted octanol–water partition coefficient (Wildman–Crippen LogP) is 3.87. The van der Waals surface area contributed by atoms with E-state index in [1.807, 2.05) is 0 Å². The van der Waals surface area contributed by atoms with Crippen LogP contribution in [-0.4, -0.2) is 59.0 Å². The normalized spacial score (nSPS) is 17.1. The van der Waals surface area contributed by atoms with Crippen LogP contribution in [0.15, 0.2) is 42.6 Å². The largest absolute Gasteiger partial charge is 0.355 e. The molecule has 9 nitrogen and oxygen atoms in total. The highest BCUT2D eigenvalue weighted by Crippen LogP contribution is 2.29. The maximum absolute atomic E-state index is 14.5. The van der Waals surface area contributed by atoms with Crippen LogP contribution in [0.1, 0.15) is 28.8 Å². The lowest BCUT2D eigenvalue weighted by Crippen LogP contribution is -2.43. The fourth-order valence-corrected chi connectivity index (χ4v) is 4.73. The van der Waals surface area contributed by atoms with E-state index in [9.17, 15) is 28.0 Å². The number of nitrogens with two attached hydrogens (primary N) is 1. The first-order valence-electron chi connectivity index (χ1n) is 11.4. The van der Waals surface area contributed by atoms with Gasteiger partial charge < -0.3 is 21.3 Å². The summed E-state index contributed by atoms with van der Waals surface area (Å²) in [6.45, 7) is -0.303. The van der Waals surface area contributed by atoms with Gasteiger partial charge in [0.05, 0.1) is 28.8 Å². The highest BCUT2D eigenvalue weighted by atomic mass is 35.5. The Balaban J connectivity index is 1.50. The molecule has 0 radical (unpaired) electrons. The second kappa shape index (κ2) is 10.6. The van der Waals surface area contributed by atoms with Gasteiger partial charge in [-0.25, -0.2) is 18.4 Å². The van der Waals surface area contributed by atoms with Crippen LogP contribution < -0.4 is 16.4 Å². The Hall–Kier alpha value is -3.99. The molecule has 0 aliphatic carbocycles. The number of carbonyl (C=O) groups excluding carboxylic acids is 4. The smallest absolute Gasteiger partial charge is 0.323 e. The first-order valence-corrected chi connectivity index (χ1v) is 11.8. The number of primary amides is 1. The summed E-state index contributed by atoms with van der Waals surface area (Å²) in [5, 5.41) is 5.34. The number of aromatic nitrogens is 1. The summed E-state index contributed by atoms with van der Waals surface area (Å²) >= 11 is 5.90. The van der Waals surface area contributed by atoms with Crippen molar-refractivity contribution >= 4 is 51.9 Å². The number of likely N-dealkylation sites (tertiary alicyclic amines) is 1. The summed E-state index contributed by atoms with van der Waals surface area (Å²) in [5.74, 6) is -1.68. The van der Waals surface area contributed by atoms with Crippen LogP contribution in [0, 0.1) is 5.82 Å². The molecule has 0 spiro atoms. The number of nitrogens with one attached hydrogen (secondary N) is 2. The zero-order chi connectivity index (χ0) is 26.9. The number of hydrogen-bond donors (Lipinski definition) is 3. The Morgan fingerprint density at radius 2 is 1.92 bits per heavy atom. The van der Waals surface area contributed by atoms with E-state index in [0.29, 0.717) is 10.9 Å². The fourth-order valence-electron chi connectivity index (χ4n) is 4.49. The molecule has 1 aromatic heterocycles. The minimum atomic E-state index is -1.42. The third-order valence-electron chi connectivity index (χ3n) is 6.31. The number of carbonyl (C=O) groups is 4. The van der Waals surface area contributed by atoms with Crippen LogP contribution in [0.5, 0.6) is 0 Å². The standard InChI is InChI=1S/C25H24ClF2N5O4/c1-30-23(35)14-8-13(22(28)17(26)9-14)6-7-21(34)20-10-15(27)11-33(20)25(37)31-18-12-32(24(29)36)19-5-3-2-4-16(18)19/h2-5,8-9,12,15,20H,6-7,10-11H2,1H3,(H2,29,36)(H,30,35)(H,31,37)/t15-,20+/m1/s1. The number of amides is 4. The highest BCUT2D eigenvalue weighted by Gasteiger charge is 2.39. The van der Waals surface area contributed by atoms with E-state index in [2.05, 4.69) is 10.6 Å². The molecule has 0 bridgehead atoms. The molecule has 37 heavy (non-hydrogen) atoms. The van der Waals surface area contributed by atoms with Crippen molar-refractivity contribution in [2.75, 3.05) is 18.9 Å². The molecule has 3 aromatic rings. The number of para-hydroxylation sites is 1. The van der Waals surface area contributed by atoms with E-state index < -0.39 is 41.8 Å². The van der Waals surface area contributed by atoms with Gasteiger partial charge in [-0.1, -0.05) is 29.8 Å². The van der Waals surface area contributed by atoms with Crippen molar-refractivity contribution in [3.05, 3.63) is 64.6 Å². The molecular formula is C25H24ClF2N5O4. The lowest BCUT2D eigenvalue weighted by molar-refractivity contribution is -0.122. The van der Waals surface area contributed by atoms with Crippen molar-refractivity contribution in [2.45, 2.75) is 31.5 Å². The zero-order valence-electron chi connectivity index (χ0n) is 19.8. The third kappa shape index (κ3) is 5.26. The molecule has 0 saturated carbocycles. The van der Waals surface area contributed by atoms with Crippen molar-refractivity contribution in [1.82, 2.24) is 14.8 Å². The molecule has 194 valence electrons. The zero-order valence-corrected chi connectivity index (χ0v) is 20.5. The summed E-state index contributed by atoms with van der Waals surface area (Å²) < 4.78 is 30.0. The molecule has 4 amide bonds. The summed E-state index contributed by atoms with van der Waals surface area (Å²) in [4.78, 5) is 50.9. The topological polar surface area (TPSA) is 127 Å². The van der Waals surface area contributed by atoms with Crippen molar-refractivity contribution in [3.63, 3.8) is 0 Å². The number of anilines is 1. The molecule has 12 heteroatoms. The number of hydrogen-bond acceptors (Lipinski definition) is 4. The van der Waals surface area contributed by atoms with Gasteiger partial charge in [-0.05, 0) is 30.2 Å². The number of alkyl halides is 1. The molecule has 1 aliphatic heterocycles. The van der Waals surface area contributed by atoms with Crippen molar-refractivity contribution in [1.29, 1.82) is 0 Å². The number of aryl methyl sites for hydroxylation is 1. The molecule has 2 heterocycles. The molecule has 1 aliphatic rings. The summed E-state index contributed by atoms with van der Waals surface area (Å²) in [6.07, 6.45) is -0.556. The first kappa shape index (κ1) is 26.1. The van der Waals surface area contributed by atoms with Gasteiger partial charge in [0.25, 0.3) is 5.91 Å². The van der Waals surface area contributed by atoms with Gasteiger partial charge in [0.15, 0.2) is 5.78 Å². The number of fused-ring (bicyclic) bond motifs is 1. The number of urea groups is 1. The molecule has 2 atom stereocenters. The van der Waals surface area contributed by atoms with Gasteiger partial charge in [-0.2, -0.15) is 0 Å². The summed E-state index contributed by atoms with van der Waals surface area (Å²) in [7, 11) is 1.42. The van der Waals surface area contributed by atoms with Gasteiger partial charge in [-0.15, -0.1) is 0 Å². The van der Waals surface area contributed by atoms with E-state index in [4.69, 9.17) is 17.3 Å². The SMILES string of the molecule is CNC(=O)c1cc(Cl)c(F)c(CCC(=O)[C@@H]2C[C@@H](F)CN2C(=O)Nc2cn(C(N)=O)c3ccccc23)c1. The van der Waals surface area contributed by atoms with Gasteiger partial charge in [0, 0.05) is 37.0 Å². The van der Waals surface area contributed by atoms with Gasteiger partial charge in [0.1, 0.15) is 12.0 Å². The summed E-state index contributed by atoms with van der Waals surface area (Å²) in [5.41, 5.74) is 6.35. The van der Waals surface area contributed by atoms with E-state index in [1.54, 1.807) is 24.3 Å². The van der Waals surface area contributed by atoms with Crippen LogP contribution in [0.3, 0.4) is 0 Å². The van der Waals surface area contributed by atoms with Gasteiger partial charge >= 0.3 is 12.1 Å². The Morgan fingerprint density at radius 1 is 1.19 bits per heavy atom. The average molecular weight is 532 g/mol. The lowest BCUT2D eigenvalue weighted by atomic mass is 9.99. The van der Waals surface area contributed by atoms with Crippen molar-refractivity contribution in [2.24, 2.45) is 5.73 Å². The summed E-state index contributed by atoms with van der Waals surface area (Å²) in [6, 6.07) is 6.71. The molecule has 0 unspecified atom stereocenters. The van der Waals surface area contributed by atoms with Gasteiger partial charge in [0.2, 0.25) is 0 Å². The lowest BCUT2D eigenvalue weighted by Gasteiger charge is -2.23. The third-order valence-corrected chi connectivity index (χ3v) is 6.58. The maximum atomic E-state index is 14.5. The number of rotatable bonds is 6. The van der Waals surface area contributed by atoms with E-state index >= 15 is 0 Å². The van der Waals surface area contributed by atoms with Crippen LogP contribution in [0.2, 0.25) is 5.02 Å². The molecule has 4 rings (SSSR count). The Labute approximate surface area is 215 Å². The second-order valence-electron chi connectivity index (χ2n) is 8.68. The Morgan fingerprint density at radius 3 is 2.62 bits per heavy atom. The number of nitrogens with zero attached hydrogens (tertiary/aromatic N) is 2. The predicted molar refractivity (Wildman–Crippen MR) is 134 cm³/mol. The first-order chi connectivity index (χ1) is 17.6. The number of Topliss-reactive ketones (excluding diaryl/α,β-unsaturated/α-hetero) is 1. The van der Waals surface area contributed by atoms with Crippen LogP contribution in [0.25, 0.3) is 10.9 Å². The van der Waals surface area contributed by atoms with E-state index in [1.165, 1.54) is 29.9 Å². The maximum Gasteiger partial charge on any atom is 0.323 e. The molecule has 2 aromatic carbocycles. The van der Waals surface area contributed by atoms with E-state index in [0.717, 1.165) is 4.90 Å². The average Bonchev–Trinajstić information content (AvgIpc) is 3.45. The minimum Gasteiger partial charge on any atom is -0.355 e. The fraction of sp³-hybridized carbons (Fsp3) is 0.280.